The van der Waals surface area contributed by atoms with Crippen molar-refractivity contribution >= 4 is 51.3 Å². The lowest BCUT2D eigenvalue weighted by atomic mass is 10.0. The smallest absolute Gasteiger partial charge is 0.266 e. The molecule has 7 heteroatoms. The second-order valence-electron chi connectivity index (χ2n) is 8.08. The molecule has 2 amide bonds. The van der Waals surface area contributed by atoms with Gasteiger partial charge in [0.1, 0.15) is 0 Å². The normalized spacial score (nSPS) is 18.9. The fourth-order valence-corrected chi connectivity index (χ4v) is 5.21. The second kappa shape index (κ2) is 9.83. The zero-order valence-electron chi connectivity index (χ0n) is 18.9. The van der Waals surface area contributed by atoms with E-state index in [-0.39, 0.29) is 11.8 Å². The van der Waals surface area contributed by atoms with Crippen molar-refractivity contribution in [3.05, 3.63) is 82.8 Å². The Kier molecular flexibility index (Phi) is 6.47. The number of hydrogen-bond acceptors (Lipinski definition) is 5. The zero-order chi connectivity index (χ0) is 23.5. The molecule has 0 bridgehead atoms. The summed E-state index contributed by atoms with van der Waals surface area (Å²) in [4.78, 5) is 34.9. The topological polar surface area (TPSA) is 62.2 Å². The van der Waals surface area contributed by atoms with Crippen LogP contribution in [0.15, 0.2) is 76.6 Å². The van der Waals surface area contributed by atoms with Crippen molar-refractivity contribution in [2.45, 2.75) is 6.92 Å². The minimum absolute atomic E-state index is 0.0237. The molecule has 0 aromatic heterocycles. The van der Waals surface area contributed by atoms with Crippen LogP contribution in [-0.2, 0) is 9.53 Å². The van der Waals surface area contributed by atoms with Gasteiger partial charge in [-0.1, -0.05) is 48.5 Å². The Morgan fingerprint density at radius 1 is 1.06 bits per heavy atom. The largest absolute Gasteiger partial charge is 0.378 e. The van der Waals surface area contributed by atoms with Crippen LogP contribution in [0.1, 0.15) is 22.8 Å². The predicted molar refractivity (Wildman–Crippen MR) is 137 cm³/mol. The number of amides is 2. The Morgan fingerprint density at radius 3 is 2.65 bits per heavy atom. The number of aliphatic imine (C=N–C) groups is 1. The number of nitrogens with zero attached hydrogens (tertiary/aromatic N) is 3. The van der Waals surface area contributed by atoms with Gasteiger partial charge in [-0.25, -0.2) is 4.99 Å². The average Bonchev–Trinajstić information content (AvgIpc) is 3.17. The van der Waals surface area contributed by atoms with Gasteiger partial charge in [0.15, 0.2) is 5.17 Å². The molecule has 2 saturated heterocycles. The van der Waals surface area contributed by atoms with Crippen LogP contribution in [0.2, 0.25) is 0 Å². The van der Waals surface area contributed by atoms with Crippen molar-refractivity contribution in [3.63, 3.8) is 0 Å². The first-order valence-corrected chi connectivity index (χ1v) is 12.2. The van der Waals surface area contributed by atoms with Crippen LogP contribution in [0.4, 0.5) is 5.69 Å². The van der Waals surface area contributed by atoms with E-state index in [1.165, 1.54) is 11.8 Å². The third-order valence-electron chi connectivity index (χ3n) is 5.93. The molecule has 0 atom stereocenters. The average molecular weight is 472 g/mol. The predicted octanol–water partition coefficient (Wildman–Crippen LogP) is 4.94. The molecule has 0 radical (unpaired) electrons. The van der Waals surface area contributed by atoms with E-state index in [4.69, 9.17) is 9.73 Å². The highest BCUT2D eigenvalue weighted by Gasteiger charge is 2.32. The number of amidine groups is 1. The summed E-state index contributed by atoms with van der Waals surface area (Å²) >= 11 is 1.37. The Labute approximate surface area is 202 Å². The van der Waals surface area contributed by atoms with E-state index in [0.717, 1.165) is 16.3 Å². The molecule has 2 aliphatic heterocycles. The van der Waals surface area contributed by atoms with Gasteiger partial charge in [0, 0.05) is 25.2 Å². The maximum Gasteiger partial charge on any atom is 0.266 e. The number of benzene rings is 3. The van der Waals surface area contributed by atoms with Crippen molar-refractivity contribution in [2.24, 2.45) is 4.99 Å². The molecule has 3 aromatic carbocycles. The maximum atomic E-state index is 13.1. The summed E-state index contributed by atoms with van der Waals surface area (Å²) in [5.41, 5.74) is 2.25. The van der Waals surface area contributed by atoms with Crippen LogP contribution in [0.5, 0.6) is 0 Å². The minimum atomic E-state index is -0.0558. The van der Waals surface area contributed by atoms with Crippen molar-refractivity contribution in [2.75, 3.05) is 32.8 Å². The lowest BCUT2D eigenvalue weighted by Gasteiger charge is -2.26. The first-order chi connectivity index (χ1) is 16.6. The highest BCUT2D eigenvalue weighted by atomic mass is 32.2. The lowest BCUT2D eigenvalue weighted by Crippen LogP contribution is -2.40. The summed E-state index contributed by atoms with van der Waals surface area (Å²) in [5.74, 6) is -0.0795. The van der Waals surface area contributed by atoms with E-state index in [2.05, 4.69) is 18.2 Å². The zero-order valence-corrected chi connectivity index (χ0v) is 19.8. The molecule has 0 aliphatic carbocycles. The molecular weight excluding hydrogens is 446 g/mol. The number of carbonyl (C=O) groups is 2. The number of hydrogen-bond donors (Lipinski definition) is 0. The number of thioether (sulfide) groups is 1. The van der Waals surface area contributed by atoms with Gasteiger partial charge in [0.2, 0.25) is 0 Å². The van der Waals surface area contributed by atoms with Gasteiger partial charge in [-0.15, -0.1) is 0 Å². The van der Waals surface area contributed by atoms with Gasteiger partial charge in [0.25, 0.3) is 11.8 Å². The quantitative estimate of drug-likeness (QED) is 0.506. The SMILES string of the molecule is CCN1C(=O)/C(=C\c2cccc3ccccc23)SC1=Nc1cccc(C(=O)N2CCOCC2)c1. The fourth-order valence-electron chi connectivity index (χ4n) is 4.16. The van der Waals surface area contributed by atoms with Gasteiger partial charge in [-0.05, 0) is 59.3 Å². The molecule has 6 nitrogen and oxygen atoms in total. The van der Waals surface area contributed by atoms with E-state index in [0.29, 0.717) is 54.2 Å². The van der Waals surface area contributed by atoms with Crippen LogP contribution in [-0.4, -0.2) is 59.6 Å². The van der Waals surface area contributed by atoms with Crippen molar-refractivity contribution in [1.82, 2.24) is 9.80 Å². The van der Waals surface area contributed by atoms with Crippen molar-refractivity contribution < 1.29 is 14.3 Å². The number of fused-ring (bicyclic) bond motifs is 1. The van der Waals surface area contributed by atoms with E-state index in [1.54, 1.807) is 21.9 Å². The minimum Gasteiger partial charge on any atom is -0.378 e. The Hall–Kier alpha value is -3.42. The van der Waals surface area contributed by atoms with Crippen LogP contribution >= 0.6 is 11.8 Å². The fraction of sp³-hybridized carbons (Fsp3) is 0.222. The van der Waals surface area contributed by atoms with Crippen LogP contribution in [0.25, 0.3) is 16.8 Å². The highest BCUT2D eigenvalue weighted by Crippen LogP contribution is 2.35. The van der Waals surface area contributed by atoms with Crippen LogP contribution in [0.3, 0.4) is 0 Å². The van der Waals surface area contributed by atoms with Crippen LogP contribution in [0, 0.1) is 0 Å². The van der Waals surface area contributed by atoms with E-state index < -0.39 is 0 Å². The molecule has 2 heterocycles. The molecule has 0 N–H and O–H groups in total. The molecule has 0 saturated carbocycles. The summed E-state index contributed by atoms with van der Waals surface area (Å²) in [5, 5.41) is 2.86. The standard InChI is InChI=1S/C27H25N3O3S/c1-2-30-26(32)24(18-20-9-5-8-19-7-3-4-12-23(19)20)34-27(30)28-22-11-6-10-21(17-22)25(31)29-13-15-33-16-14-29/h3-12,17-18H,2,13-16H2,1H3/b24-18+,28-27?. The van der Waals surface area contributed by atoms with Crippen LogP contribution < -0.4 is 0 Å². The van der Waals surface area contributed by atoms with Gasteiger partial charge in [0.05, 0.1) is 23.8 Å². The number of rotatable bonds is 4. The van der Waals surface area contributed by atoms with Gasteiger partial charge in [-0.3, -0.25) is 14.5 Å². The summed E-state index contributed by atoms with van der Waals surface area (Å²) in [6, 6.07) is 21.5. The van der Waals surface area contributed by atoms with Gasteiger partial charge >= 0.3 is 0 Å². The highest BCUT2D eigenvalue weighted by molar-refractivity contribution is 8.18. The first-order valence-electron chi connectivity index (χ1n) is 11.4. The lowest BCUT2D eigenvalue weighted by molar-refractivity contribution is -0.122. The molecule has 2 aliphatic rings. The maximum absolute atomic E-state index is 13.1. The summed E-state index contributed by atoms with van der Waals surface area (Å²) in [7, 11) is 0. The van der Waals surface area contributed by atoms with E-state index >= 15 is 0 Å². The van der Waals surface area contributed by atoms with Gasteiger partial charge < -0.3 is 9.64 Å². The second-order valence-corrected chi connectivity index (χ2v) is 9.09. The Balaban J connectivity index is 1.44. The summed E-state index contributed by atoms with van der Waals surface area (Å²) in [6.45, 7) is 4.76. The molecule has 34 heavy (non-hydrogen) atoms. The van der Waals surface area contributed by atoms with E-state index in [1.807, 2.05) is 49.4 Å². The number of ether oxygens (including phenoxy) is 1. The molecule has 0 unspecified atom stereocenters. The number of likely N-dealkylation sites (N-methyl/N-ethyl adjacent to an activating group) is 1. The summed E-state index contributed by atoms with van der Waals surface area (Å²) < 4.78 is 5.35. The molecule has 3 aromatic rings. The first kappa shape index (κ1) is 22.4. The van der Waals surface area contributed by atoms with Crippen molar-refractivity contribution in [3.8, 4) is 0 Å². The van der Waals surface area contributed by atoms with Gasteiger partial charge in [-0.2, -0.15) is 0 Å². The molecule has 0 spiro atoms. The molecule has 5 rings (SSSR count). The molecule has 172 valence electrons. The van der Waals surface area contributed by atoms with Crippen molar-refractivity contribution in [1.29, 1.82) is 0 Å². The Bertz CT molecular complexity index is 1310. The summed E-state index contributed by atoms with van der Waals surface area (Å²) in [6.07, 6.45) is 1.94. The third-order valence-corrected chi connectivity index (χ3v) is 6.94. The molecule has 2 fully saturated rings. The number of carbonyl (C=O) groups excluding carboxylic acids is 2. The number of morpholine rings is 1. The molecular formula is C27H25N3O3S. The van der Waals surface area contributed by atoms with E-state index in [9.17, 15) is 9.59 Å². The Morgan fingerprint density at radius 2 is 1.82 bits per heavy atom. The monoisotopic (exact) mass is 471 g/mol. The third kappa shape index (κ3) is 4.49.